The van der Waals surface area contributed by atoms with Crippen LogP contribution in [-0.4, -0.2) is 65.4 Å². The first-order valence-corrected chi connectivity index (χ1v) is 5.31. The number of fused-ring (bicyclic) bond motifs is 1. The van der Waals surface area contributed by atoms with E-state index in [2.05, 4.69) is 0 Å². The standard InChI is InChI=1S/C10H18O6/c1-11-5-15-7-3-13-10-8(16-6-12-2)4-14-9(7)10/h7-10H,3-6H2,1-2H3/t7-,8-,9?,10?/m0/s1. The summed E-state index contributed by atoms with van der Waals surface area (Å²) >= 11 is 0. The highest BCUT2D eigenvalue weighted by molar-refractivity contribution is 4.95. The molecule has 0 amide bonds. The van der Waals surface area contributed by atoms with E-state index in [-0.39, 0.29) is 38.0 Å². The summed E-state index contributed by atoms with van der Waals surface area (Å²) in [5, 5.41) is 0. The molecule has 2 fully saturated rings. The predicted molar refractivity (Wildman–Crippen MR) is 53.0 cm³/mol. The van der Waals surface area contributed by atoms with Gasteiger partial charge in [0.2, 0.25) is 0 Å². The Hall–Kier alpha value is -0.240. The second-order valence-corrected chi connectivity index (χ2v) is 3.82. The summed E-state index contributed by atoms with van der Waals surface area (Å²) in [4.78, 5) is 0. The summed E-state index contributed by atoms with van der Waals surface area (Å²) in [6.07, 6.45) is -0.254. The highest BCUT2D eigenvalue weighted by atomic mass is 16.7. The lowest BCUT2D eigenvalue weighted by atomic mass is 10.1. The summed E-state index contributed by atoms with van der Waals surface area (Å²) in [5.41, 5.74) is 0. The maximum Gasteiger partial charge on any atom is 0.146 e. The largest absolute Gasteiger partial charge is 0.370 e. The maximum absolute atomic E-state index is 5.61. The van der Waals surface area contributed by atoms with Crippen LogP contribution < -0.4 is 0 Å². The molecule has 2 saturated heterocycles. The third kappa shape index (κ3) is 2.53. The van der Waals surface area contributed by atoms with E-state index in [0.29, 0.717) is 13.2 Å². The molecule has 4 atom stereocenters. The van der Waals surface area contributed by atoms with E-state index < -0.39 is 0 Å². The van der Waals surface area contributed by atoms with Crippen molar-refractivity contribution in [3.63, 3.8) is 0 Å². The van der Waals surface area contributed by atoms with Crippen molar-refractivity contribution in [2.45, 2.75) is 24.4 Å². The first-order valence-electron chi connectivity index (χ1n) is 5.31. The lowest BCUT2D eigenvalue weighted by Crippen LogP contribution is -2.34. The number of hydrogen-bond acceptors (Lipinski definition) is 6. The van der Waals surface area contributed by atoms with Gasteiger partial charge in [-0.15, -0.1) is 0 Å². The van der Waals surface area contributed by atoms with Crippen LogP contribution in [0, 0.1) is 0 Å². The normalized spacial score (nSPS) is 37.9. The van der Waals surface area contributed by atoms with Gasteiger partial charge in [0.05, 0.1) is 13.2 Å². The average Bonchev–Trinajstić information content (AvgIpc) is 2.86. The van der Waals surface area contributed by atoms with E-state index in [1.54, 1.807) is 14.2 Å². The Morgan fingerprint density at radius 2 is 1.31 bits per heavy atom. The summed E-state index contributed by atoms with van der Waals surface area (Å²) in [5.74, 6) is 0. The molecular formula is C10H18O6. The molecule has 0 radical (unpaired) electrons. The smallest absolute Gasteiger partial charge is 0.146 e. The van der Waals surface area contributed by atoms with Crippen molar-refractivity contribution in [2.75, 3.05) is 41.0 Å². The highest BCUT2D eigenvalue weighted by Crippen LogP contribution is 2.30. The molecule has 0 aromatic rings. The number of hydrogen-bond donors (Lipinski definition) is 0. The molecule has 0 aliphatic carbocycles. The van der Waals surface area contributed by atoms with E-state index in [1.165, 1.54) is 0 Å². The molecule has 2 rings (SSSR count). The fourth-order valence-corrected chi connectivity index (χ4v) is 2.03. The van der Waals surface area contributed by atoms with Crippen molar-refractivity contribution in [1.82, 2.24) is 0 Å². The Kier molecular flexibility index (Phi) is 4.51. The topological polar surface area (TPSA) is 55.4 Å². The SMILES string of the molecule is COCO[C@H]1COC2C1OC[C@@H]2OCOC. The van der Waals surface area contributed by atoms with Gasteiger partial charge in [0, 0.05) is 14.2 Å². The first-order chi connectivity index (χ1) is 7.86. The Morgan fingerprint density at radius 1 is 0.875 bits per heavy atom. The molecule has 2 heterocycles. The van der Waals surface area contributed by atoms with Crippen LogP contribution in [0.1, 0.15) is 0 Å². The van der Waals surface area contributed by atoms with Gasteiger partial charge in [-0.05, 0) is 0 Å². The number of rotatable bonds is 6. The molecule has 2 aliphatic rings. The minimum atomic E-state index is -0.0684. The second kappa shape index (κ2) is 5.90. The van der Waals surface area contributed by atoms with Gasteiger partial charge >= 0.3 is 0 Å². The van der Waals surface area contributed by atoms with Crippen molar-refractivity contribution in [3.05, 3.63) is 0 Å². The molecule has 6 heteroatoms. The summed E-state index contributed by atoms with van der Waals surface area (Å²) in [6.45, 7) is 1.55. The van der Waals surface area contributed by atoms with Gasteiger partial charge in [-0.25, -0.2) is 0 Å². The summed E-state index contributed by atoms with van der Waals surface area (Å²) < 4.78 is 31.9. The zero-order valence-electron chi connectivity index (χ0n) is 9.59. The third-order valence-corrected chi connectivity index (χ3v) is 2.76. The van der Waals surface area contributed by atoms with Gasteiger partial charge in [-0.2, -0.15) is 0 Å². The van der Waals surface area contributed by atoms with Crippen LogP contribution in [0.25, 0.3) is 0 Å². The van der Waals surface area contributed by atoms with Crippen LogP contribution in [0.5, 0.6) is 0 Å². The van der Waals surface area contributed by atoms with Gasteiger partial charge in [0.25, 0.3) is 0 Å². The maximum atomic E-state index is 5.61. The molecule has 94 valence electrons. The van der Waals surface area contributed by atoms with E-state index in [9.17, 15) is 0 Å². The van der Waals surface area contributed by atoms with Crippen molar-refractivity contribution in [2.24, 2.45) is 0 Å². The molecule has 6 nitrogen and oxygen atoms in total. The van der Waals surface area contributed by atoms with Gasteiger partial charge in [0.1, 0.15) is 38.0 Å². The van der Waals surface area contributed by atoms with Crippen LogP contribution in [-0.2, 0) is 28.4 Å². The van der Waals surface area contributed by atoms with Crippen LogP contribution in [0.15, 0.2) is 0 Å². The average molecular weight is 234 g/mol. The Balaban J connectivity index is 1.80. The number of ether oxygens (including phenoxy) is 6. The van der Waals surface area contributed by atoms with E-state index in [4.69, 9.17) is 28.4 Å². The minimum absolute atomic E-state index is 0.0583. The molecule has 0 spiro atoms. The van der Waals surface area contributed by atoms with Crippen LogP contribution in [0.2, 0.25) is 0 Å². The highest BCUT2D eigenvalue weighted by Gasteiger charge is 2.48. The van der Waals surface area contributed by atoms with Crippen molar-refractivity contribution in [3.8, 4) is 0 Å². The monoisotopic (exact) mass is 234 g/mol. The zero-order valence-corrected chi connectivity index (χ0v) is 9.59. The summed E-state index contributed by atoms with van der Waals surface area (Å²) in [7, 11) is 3.18. The van der Waals surface area contributed by atoms with E-state index in [0.717, 1.165) is 0 Å². The van der Waals surface area contributed by atoms with Crippen molar-refractivity contribution < 1.29 is 28.4 Å². The summed E-state index contributed by atoms with van der Waals surface area (Å²) in [6, 6.07) is 0. The third-order valence-electron chi connectivity index (χ3n) is 2.76. The van der Waals surface area contributed by atoms with Crippen molar-refractivity contribution in [1.29, 1.82) is 0 Å². The molecule has 0 saturated carbocycles. The van der Waals surface area contributed by atoms with E-state index in [1.807, 2.05) is 0 Å². The zero-order chi connectivity index (χ0) is 11.4. The molecule has 0 aromatic carbocycles. The first kappa shape index (κ1) is 12.2. The van der Waals surface area contributed by atoms with Gasteiger partial charge in [0.15, 0.2) is 0 Å². The Labute approximate surface area is 94.7 Å². The minimum Gasteiger partial charge on any atom is -0.370 e. The molecule has 16 heavy (non-hydrogen) atoms. The molecule has 2 aliphatic heterocycles. The molecule has 0 bridgehead atoms. The quantitative estimate of drug-likeness (QED) is 0.591. The van der Waals surface area contributed by atoms with Crippen LogP contribution in [0.3, 0.4) is 0 Å². The van der Waals surface area contributed by atoms with Gasteiger partial charge in [-0.3, -0.25) is 0 Å². The molecule has 0 aromatic heterocycles. The Bertz CT molecular complexity index is 189. The fourth-order valence-electron chi connectivity index (χ4n) is 2.03. The van der Waals surface area contributed by atoms with Crippen LogP contribution in [0.4, 0.5) is 0 Å². The van der Waals surface area contributed by atoms with Gasteiger partial charge < -0.3 is 28.4 Å². The fraction of sp³-hybridized carbons (Fsp3) is 1.00. The predicted octanol–water partition coefficient (Wildman–Crippen LogP) is -0.238. The molecular weight excluding hydrogens is 216 g/mol. The van der Waals surface area contributed by atoms with E-state index >= 15 is 0 Å². The van der Waals surface area contributed by atoms with Crippen LogP contribution >= 0.6 is 0 Å². The molecule has 2 unspecified atom stereocenters. The lowest BCUT2D eigenvalue weighted by Gasteiger charge is -2.16. The van der Waals surface area contributed by atoms with Crippen molar-refractivity contribution >= 4 is 0 Å². The second-order valence-electron chi connectivity index (χ2n) is 3.82. The molecule has 0 N–H and O–H groups in total. The van der Waals surface area contributed by atoms with Gasteiger partial charge in [-0.1, -0.05) is 0 Å². The Morgan fingerprint density at radius 3 is 1.69 bits per heavy atom. The lowest BCUT2D eigenvalue weighted by molar-refractivity contribution is -0.118. The number of methoxy groups -OCH3 is 2.